The molecular weight excluding hydrogens is 252 g/mol. The number of hydrogen-bond donors (Lipinski definition) is 2. The summed E-state index contributed by atoms with van der Waals surface area (Å²) in [5.41, 5.74) is 6.22. The summed E-state index contributed by atoms with van der Waals surface area (Å²) in [5.74, 6) is 0.572. The molecule has 0 radical (unpaired) electrons. The lowest BCUT2D eigenvalue weighted by Crippen LogP contribution is -2.21. The molecule has 5 nitrogen and oxygen atoms in total. The van der Waals surface area contributed by atoms with Crippen LogP contribution in [0.5, 0.6) is 0 Å². The van der Waals surface area contributed by atoms with Crippen LogP contribution in [0.1, 0.15) is 32.1 Å². The molecule has 1 heterocycles. The average Bonchev–Trinajstić information content (AvgIpc) is 2.40. The fourth-order valence-corrected chi connectivity index (χ4v) is 2.27. The average molecular weight is 271 g/mol. The van der Waals surface area contributed by atoms with E-state index in [-0.39, 0.29) is 5.28 Å². The molecule has 0 amide bonds. The fraction of sp³-hybridized carbons (Fsp3) is 0.667. The molecule has 0 unspecified atom stereocenters. The van der Waals surface area contributed by atoms with Crippen LogP contribution in [0.3, 0.4) is 0 Å². The van der Waals surface area contributed by atoms with E-state index in [1.807, 2.05) is 0 Å². The lowest BCUT2D eigenvalue weighted by molar-refractivity contribution is 0.0347. The van der Waals surface area contributed by atoms with E-state index in [0.717, 1.165) is 0 Å². The number of nitrogen functional groups attached to an aromatic ring is 1. The largest absolute Gasteiger partial charge is 0.394 e. The van der Waals surface area contributed by atoms with Crippen LogP contribution in [0.25, 0.3) is 0 Å². The Bertz CT molecular complexity index is 382. The molecule has 1 aromatic heterocycles. The molecule has 6 heteroatoms. The van der Waals surface area contributed by atoms with Gasteiger partial charge in [0.2, 0.25) is 5.28 Å². The number of rotatable bonds is 5. The number of ether oxygens (including phenoxy) is 1. The van der Waals surface area contributed by atoms with E-state index in [2.05, 4.69) is 15.3 Å². The van der Waals surface area contributed by atoms with Crippen LogP contribution in [-0.2, 0) is 4.74 Å². The minimum absolute atomic E-state index is 0.194. The van der Waals surface area contributed by atoms with Crippen molar-refractivity contribution >= 4 is 23.1 Å². The maximum atomic E-state index is 5.80. The van der Waals surface area contributed by atoms with Crippen LogP contribution >= 0.6 is 11.6 Å². The van der Waals surface area contributed by atoms with E-state index >= 15 is 0 Å². The van der Waals surface area contributed by atoms with Gasteiger partial charge in [-0.25, -0.2) is 4.98 Å². The lowest BCUT2D eigenvalue weighted by Gasteiger charge is -2.22. The first kappa shape index (κ1) is 13.4. The van der Waals surface area contributed by atoms with Crippen molar-refractivity contribution in [1.82, 2.24) is 9.97 Å². The lowest BCUT2D eigenvalue weighted by atomic mass is 9.98. The SMILES string of the molecule is Nc1cnc(Cl)nc1NCCOC1CCCCC1. The molecule has 1 aliphatic rings. The van der Waals surface area contributed by atoms with Crippen molar-refractivity contribution in [3.05, 3.63) is 11.5 Å². The maximum absolute atomic E-state index is 5.80. The third-order valence-corrected chi connectivity index (χ3v) is 3.27. The van der Waals surface area contributed by atoms with Crippen molar-refractivity contribution in [2.75, 3.05) is 24.2 Å². The molecule has 3 N–H and O–H groups in total. The Hall–Kier alpha value is -1.07. The predicted molar refractivity (Wildman–Crippen MR) is 72.8 cm³/mol. The first-order chi connectivity index (χ1) is 8.75. The molecule has 2 rings (SSSR count). The normalized spacial score (nSPS) is 16.7. The van der Waals surface area contributed by atoms with Crippen LogP contribution in [0.4, 0.5) is 11.5 Å². The summed E-state index contributed by atoms with van der Waals surface area (Å²) in [7, 11) is 0. The summed E-state index contributed by atoms with van der Waals surface area (Å²) in [4.78, 5) is 7.82. The van der Waals surface area contributed by atoms with E-state index in [9.17, 15) is 0 Å². The van der Waals surface area contributed by atoms with Crippen LogP contribution in [0.15, 0.2) is 6.20 Å². The van der Waals surface area contributed by atoms with Gasteiger partial charge >= 0.3 is 0 Å². The van der Waals surface area contributed by atoms with Gasteiger partial charge in [-0.1, -0.05) is 19.3 Å². The van der Waals surface area contributed by atoms with E-state index in [1.165, 1.54) is 38.3 Å². The van der Waals surface area contributed by atoms with E-state index < -0.39 is 0 Å². The van der Waals surface area contributed by atoms with Crippen molar-refractivity contribution in [3.8, 4) is 0 Å². The highest BCUT2D eigenvalue weighted by atomic mass is 35.5. The van der Waals surface area contributed by atoms with Crippen LogP contribution < -0.4 is 11.1 Å². The van der Waals surface area contributed by atoms with Crippen molar-refractivity contribution in [2.24, 2.45) is 0 Å². The van der Waals surface area contributed by atoms with Gasteiger partial charge in [0.25, 0.3) is 0 Å². The summed E-state index contributed by atoms with van der Waals surface area (Å²) >= 11 is 5.70. The smallest absolute Gasteiger partial charge is 0.224 e. The van der Waals surface area contributed by atoms with Crippen LogP contribution in [0.2, 0.25) is 5.28 Å². The zero-order chi connectivity index (χ0) is 12.8. The highest BCUT2D eigenvalue weighted by molar-refractivity contribution is 6.28. The summed E-state index contributed by atoms with van der Waals surface area (Å²) < 4.78 is 5.80. The summed E-state index contributed by atoms with van der Waals surface area (Å²) in [6.45, 7) is 1.33. The Kier molecular flexibility index (Phi) is 5.01. The van der Waals surface area contributed by atoms with Crippen molar-refractivity contribution in [2.45, 2.75) is 38.2 Å². The quantitative estimate of drug-likeness (QED) is 0.635. The number of nitrogens with zero attached hydrogens (tertiary/aromatic N) is 2. The molecule has 0 saturated heterocycles. The molecule has 1 fully saturated rings. The van der Waals surface area contributed by atoms with Gasteiger partial charge in [-0.05, 0) is 24.4 Å². The third kappa shape index (κ3) is 3.99. The monoisotopic (exact) mass is 270 g/mol. The predicted octanol–water partition coefficient (Wildman–Crippen LogP) is 2.47. The molecule has 100 valence electrons. The minimum Gasteiger partial charge on any atom is -0.394 e. The fourth-order valence-electron chi connectivity index (χ4n) is 2.14. The maximum Gasteiger partial charge on any atom is 0.224 e. The molecule has 18 heavy (non-hydrogen) atoms. The summed E-state index contributed by atoms with van der Waals surface area (Å²) in [5, 5.41) is 3.30. The molecule has 0 bridgehead atoms. The number of hydrogen-bond acceptors (Lipinski definition) is 5. The van der Waals surface area contributed by atoms with Crippen molar-refractivity contribution in [1.29, 1.82) is 0 Å². The second kappa shape index (κ2) is 6.75. The Morgan fingerprint density at radius 3 is 2.94 bits per heavy atom. The highest BCUT2D eigenvalue weighted by Crippen LogP contribution is 2.20. The van der Waals surface area contributed by atoms with Crippen LogP contribution in [-0.4, -0.2) is 29.2 Å². The summed E-state index contributed by atoms with van der Waals surface area (Å²) in [6.07, 6.45) is 8.20. The molecular formula is C12H19ClN4O. The Labute approximate surface area is 112 Å². The Morgan fingerprint density at radius 1 is 1.39 bits per heavy atom. The molecule has 0 atom stereocenters. The van der Waals surface area contributed by atoms with Gasteiger partial charge in [0.1, 0.15) is 0 Å². The molecule has 1 aromatic rings. The number of nitrogens with one attached hydrogen (secondary N) is 1. The molecule has 0 aromatic carbocycles. The van der Waals surface area contributed by atoms with Gasteiger partial charge < -0.3 is 15.8 Å². The Morgan fingerprint density at radius 2 is 2.17 bits per heavy atom. The standard InChI is InChI=1S/C12H19ClN4O/c13-12-16-8-10(14)11(17-12)15-6-7-18-9-4-2-1-3-5-9/h8-9H,1-7,14H2,(H,15,16,17). The van der Waals surface area contributed by atoms with Gasteiger partial charge in [0.05, 0.1) is 24.6 Å². The zero-order valence-electron chi connectivity index (χ0n) is 10.4. The first-order valence-electron chi connectivity index (χ1n) is 6.39. The van der Waals surface area contributed by atoms with Crippen molar-refractivity contribution < 1.29 is 4.74 Å². The number of aromatic nitrogens is 2. The molecule has 1 aliphatic carbocycles. The van der Waals surface area contributed by atoms with Crippen molar-refractivity contribution in [3.63, 3.8) is 0 Å². The van der Waals surface area contributed by atoms with E-state index in [1.54, 1.807) is 0 Å². The van der Waals surface area contributed by atoms with Gasteiger partial charge in [0.15, 0.2) is 5.82 Å². The number of anilines is 2. The number of halogens is 1. The molecule has 1 saturated carbocycles. The van der Waals surface area contributed by atoms with E-state index in [0.29, 0.717) is 30.8 Å². The zero-order valence-corrected chi connectivity index (χ0v) is 11.1. The highest BCUT2D eigenvalue weighted by Gasteiger charge is 2.13. The van der Waals surface area contributed by atoms with Gasteiger partial charge in [-0.2, -0.15) is 4.98 Å². The molecule has 0 aliphatic heterocycles. The molecule has 0 spiro atoms. The van der Waals surface area contributed by atoms with Crippen LogP contribution in [0, 0.1) is 0 Å². The second-order valence-electron chi connectivity index (χ2n) is 4.50. The minimum atomic E-state index is 0.194. The second-order valence-corrected chi connectivity index (χ2v) is 4.84. The summed E-state index contributed by atoms with van der Waals surface area (Å²) in [6, 6.07) is 0. The van der Waals surface area contributed by atoms with Gasteiger partial charge in [0, 0.05) is 6.54 Å². The third-order valence-electron chi connectivity index (χ3n) is 3.09. The Balaban J connectivity index is 1.69. The van der Waals surface area contributed by atoms with E-state index in [4.69, 9.17) is 22.1 Å². The van der Waals surface area contributed by atoms with Gasteiger partial charge in [-0.3, -0.25) is 0 Å². The first-order valence-corrected chi connectivity index (χ1v) is 6.77. The number of nitrogens with two attached hydrogens (primary N) is 1. The topological polar surface area (TPSA) is 73.1 Å². The van der Waals surface area contributed by atoms with Gasteiger partial charge in [-0.15, -0.1) is 0 Å².